The first-order chi connectivity index (χ1) is 14.8. The second-order valence-electron chi connectivity index (χ2n) is 7.92. The van der Waals surface area contributed by atoms with Crippen LogP contribution in [0.15, 0.2) is 48.2 Å². The van der Waals surface area contributed by atoms with E-state index in [4.69, 9.17) is 0 Å². The van der Waals surface area contributed by atoms with Crippen molar-refractivity contribution in [1.29, 1.82) is 0 Å². The summed E-state index contributed by atoms with van der Waals surface area (Å²) in [6.45, 7) is 1.70. The van der Waals surface area contributed by atoms with Crippen LogP contribution < -0.4 is 4.90 Å². The van der Waals surface area contributed by atoms with Crippen molar-refractivity contribution < 1.29 is 22.8 Å². The zero-order valence-corrected chi connectivity index (χ0v) is 17.2. The van der Waals surface area contributed by atoms with Gasteiger partial charge in [-0.1, -0.05) is 12.1 Å². The lowest BCUT2D eigenvalue weighted by Gasteiger charge is -2.36. The van der Waals surface area contributed by atoms with Crippen LogP contribution in [0.25, 0.3) is 5.57 Å². The molecule has 2 aliphatic heterocycles. The fourth-order valence-electron chi connectivity index (χ4n) is 4.15. The van der Waals surface area contributed by atoms with Crippen LogP contribution in [0.2, 0.25) is 0 Å². The quantitative estimate of drug-likeness (QED) is 0.699. The third-order valence-corrected chi connectivity index (χ3v) is 5.94. The van der Waals surface area contributed by atoms with E-state index in [0.29, 0.717) is 5.56 Å². The molecule has 0 saturated carbocycles. The van der Waals surface area contributed by atoms with Gasteiger partial charge in [0.15, 0.2) is 11.6 Å². The number of piperidine rings is 1. The van der Waals surface area contributed by atoms with Crippen LogP contribution in [0.1, 0.15) is 18.4 Å². The van der Waals surface area contributed by atoms with Crippen LogP contribution in [-0.4, -0.2) is 54.8 Å². The zero-order chi connectivity index (χ0) is 22.3. The molecular weight excluding hydrogens is 407 g/mol. The number of hydrogen-bond acceptors (Lipinski definition) is 4. The highest BCUT2D eigenvalue weighted by Gasteiger charge is 2.43. The van der Waals surface area contributed by atoms with Crippen LogP contribution >= 0.6 is 0 Å². The highest BCUT2D eigenvalue weighted by Crippen LogP contribution is 2.36. The molecular formula is C23H22F3N3O2. The number of rotatable bonds is 4. The molecule has 0 aromatic heterocycles. The van der Waals surface area contributed by atoms with Gasteiger partial charge in [0, 0.05) is 19.2 Å². The first-order valence-electron chi connectivity index (χ1n) is 10.0. The molecule has 162 valence electrons. The van der Waals surface area contributed by atoms with Crippen molar-refractivity contribution in [3.63, 3.8) is 0 Å². The van der Waals surface area contributed by atoms with E-state index in [1.807, 2.05) is 7.05 Å². The number of benzene rings is 2. The molecule has 5 nitrogen and oxygen atoms in total. The molecule has 0 aliphatic carbocycles. The number of likely N-dealkylation sites (tertiary alicyclic amines) is 1. The van der Waals surface area contributed by atoms with Crippen molar-refractivity contribution in [3.05, 3.63) is 71.2 Å². The van der Waals surface area contributed by atoms with Gasteiger partial charge in [-0.2, -0.15) is 0 Å². The third-order valence-electron chi connectivity index (χ3n) is 5.94. The molecule has 2 aromatic rings. The van der Waals surface area contributed by atoms with Gasteiger partial charge in [0.1, 0.15) is 11.5 Å². The van der Waals surface area contributed by atoms with Crippen molar-refractivity contribution in [3.8, 4) is 0 Å². The van der Waals surface area contributed by atoms with Crippen molar-refractivity contribution in [2.75, 3.05) is 32.1 Å². The van der Waals surface area contributed by atoms with Gasteiger partial charge >= 0.3 is 0 Å². The van der Waals surface area contributed by atoms with Crippen LogP contribution in [0.4, 0.5) is 18.9 Å². The van der Waals surface area contributed by atoms with Crippen LogP contribution in [0, 0.1) is 17.5 Å². The lowest BCUT2D eigenvalue weighted by molar-refractivity contribution is -0.120. The Labute approximate surface area is 178 Å². The van der Waals surface area contributed by atoms with Crippen molar-refractivity contribution in [1.82, 2.24) is 9.80 Å². The number of imide groups is 1. The largest absolute Gasteiger partial charge is 0.366 e. The predicted octanol–water partition coefficient (Wildman–Crippen LogP) is 3.41. The fourth-order valence-corrected chi connectivity index (χ4v) is 4.15. The summed E-state index contributed by atoms with van der Waals surface area (Å²) < 4.78 is 40.7. The summed E-state index contributed by atoms with van der Waals surface area (Å²) in [5.74, 6) is -3.96. The lowest BCUT2D eigenvalue weighted by atomic mass is 10.00. The number of amides is 2. The Hall–Kier alpha value is -3.13. The molecule has 4 rings (SSSR count). The van der Waals surface area contributed by atoms with Crippen molar-refractivity contribution in [2.45, 2.75) is 18.9 Å². The highest BCUT2D eigenvalue weighted by molar-refractivity contribution is 6.45. The maximum Gasteiger partial charge on any atom is 0.282 e. The molecule has 31 heavy (non-hydrogen) atoms. The molecule has 0 radical (unpaired) electrons. The Morgan fingerprint density at radius 2 is 1.55 bits per heavy atom. The summed E-state index contributed by atoms with van der Waals surface area (Å²) in [5.41, 5.74) is 0.631. The molecule has 0 atom stereocenters. The summed E-state index contributed by atoms with van der Waals surface area (Å²) >= 11 is 0. The number of likely N-dealkylation sites (N-methyl/N-ethyl adjacent to an activating group) is 1. The minimum Gasteiger partial charge on any atom is -0.366 e. The molecule has 1 fully saturated rings. The van der Waals surface area contributed by atoms with Gasteiger partial charge in [0.2, 0.25) is 0 Å². The Bertz CT molecular complexity index is 1060. The Morgan fingerprint density at radius 1 is 0.903 bits per heavy atom. The van der Waals surface area contributed by atoms with E-state index < -0.39 is 29.3 Å². The van der Waals surface area contributed by atoms with Gasteiger partial charge in [-0.15, -0.1) is 0 Å². The monoisotopic (exact) mass is 429 g/mol. The third kappa shape index (κ3) is 3.83. The van der Waals surface area contributed by atoms with Crippen molar-refractivity contribution in [2.24, 2.45) is 0 Å². The maximum absolute atomic E-state index is 13.8. The van der Waals surface area contributed by atoms with E-state index in [0.717, 1.165) is 43.0 Å². The number of hydrogen-bond donors (Lipinski definition) is 0. The predicted molar refractivity (Wildman–Crippen MR) is 110 cm³/mol. The van der Waals surface area contributed by atoms with Gasteiger partial charge in [0.25, 0.3) is 11.8 Å². The summed E-state index contributed by atoms with van der Waals surface area (Å²) in [6.07, 6.45) is 1.61. The van der Waals surface area contributed by atoms with Crippen molar-refractivity contribution >= 4 is 23.1 Å². The molecule has 1 saturated heterocycles. The van der Waals surface area contributed by atoms with Gasteiger partial charge in [-0.3, -0.25) is 9.59 Å². The summed E-state index contributed by atoms with van der Waals surface area (Å²) in [4.78, 5) is 31.6. The minimum absolute atomic E-state index is 0.0308. The zero-order valence-electron chi connectivity index (χ0n) is 17.2. The number of carbonyl (C=O) groups is 2. The second kappa shape index (κ2) is 8.19. The minimum atomic E-state index is -1.15. The van der Waals surface area contributed by atoms with Gasteiger partial charge in [-0.25, -0.2) is 18.1 Å². The number of halogens is 3. The molecule has 0 N–H and O–H groups in total. The number of anilines is 1. The number of nitrogens with zero attached hydrogens (tertiary/aromatic N) is 3. The molecule has 8 heteroatoms. The average Bonchev–Trinajstić information content (AvgIpc) is 3.01. The molecule has 0 unspecified atom stereocenters. The highest BCUT2D eigenvalue weighted by atomic mass is 19.2. The normalized spacial score (nSPS) is 18.3. The fraction of sp³-hybridized carbons (Fsp3) is 0.304. The van der Waals surface area contributed by atoms with E-state index in [9.17, 15) is 22.8 Å². The smallest absolute Gasteiger partial charge is 0.282 e. The second-order valence-corrected chi connectivity index (χ2v) is 7.92. The average molecular weight is 429 g/mol. The Morgan fingerprint density at radius 3 is 2.16 bits per heavy atom. The SMILES string of the molecule is CN1CCC(N(C)C2=C(c3ccc(F)cc3)C(=O)N(c3ccc(F)c(F)c3)C2=O)CC1. The van der Waals surface area contributed by atoms with E-state index in [2.05, 4.69) is 4.90 Å². The van der Waals surface area contributed by atoms with Crippen LogP contribution in [0.5, 0.6) is 0 Å². The molecule has 0 bridgehead atoms. The summed E-state index contributed by atoms with van der Waals surface area (Å²) in [6, 6.07) is 8.23. The van der Waals surface area contributed by atoms with E-state index in [1.165, 1.54) is 30.3 Å². The standard InChI is InChI=1S/C23H22F3N3O2/c1-27-11-9-16(10-12-27)28(2)21-20(14-3-5-15(24)6-4-14)22(30)29(23(21)31)17-7-8-18(25)19(26)13-17/h3-8,13,16H,9-12H2,1-2H3. The van der Waals surface area contributed by atoms with Crippen LogP contribution in [-0.2, 0) is 9.59 Å². The lowest BCUT2D eigenvalue weighted by Crippen LogP contribution is -2.43. The topological polar surface area (TPSA) is 43.9 Å². The summed E-state index contributed by atoms with van der Waals surface area (Å²) in [7, 11) is 3.78. The molecule has 2 aromatic carbocycles. The van der Waals surface area contributed by atoms with Gasteiger partial charge in [0.05, 0.1) is 11.3 Å². The summed E-state index contributed by atoms with van der Waals surface area (Å²) in [5, 5.41) is 0. The van der Waals surface area contributed by atoms with Gasteiger partial charge < -0.3 is 9.80 Å². The maximum atomic E-state index is 13.8. The van der Waals surface area contributed by atoms with E-state index in [-0.39, 0.29) is 23.0 Å². The Kier molecular flexibility index (Phi) is 5.58. The molecule has 2 heterocycles. The number of carbonyl (C=O) groups excluding carboxylic acids is 2. The molecule has 0 spiro atoms. The van der Waals surface area contributed by atoms with E-state index in [1.54, 1.807) is 11.9 Å². The molecule has 2 aliphatic rings. The van der Waals surface area contributed by atoms with E-state index >= 15 is 0 Å². The van der Waals surface area contributed by atoms with Gasteiger partial charge in [-0.05, 0) is 62.8 Å². The van der Waals surface area contributed by atoms with Crippen LogP contribution in [0.3, 0.4) is 0 Å². The first-order valence-corrected chi connectivity index (χ1v) is 10.0. The first kappa shape index (κ1) is 21.1. The Balaban J connectivity index is 1.79. The molecule has 2 amide bonds.